The predicted molar refractivity (Wildman–Crippen MR) is 72.8 cm³/mol. The van der Waals surface area contributed by atoms with Gasteiger partial charge in [-0.15, -0.1) is 0 Å². The minimum absolute atomic E-state index is 0.0140. The first kappa shape index (κ1) is 14.1. The summed E-state index contributed by atoms with van der Waals surface area (Å²) in [7, 11) is 0. The lowest BCUT2D eigenvalue weighted by atomic mass is 10.1. The number of aromatic nitrogens is 1. The smallest absolute Gasteiger partial charge is 0.225 e. The van der Waals surface area contributed by atoms with Crippen molar-refractivity contribution in [2.24, 2.45) is 5.73 Å². The monoisotopic (exact) mass is 299 g/mol. The van der Waals surface area contributed by atoms with E-state index in [4.69, 9.17) is 5.73 Å². The van der Waals surface area contributed by atoms with Crippen molar-refractivity contribution in [3.63, 3.8) is 0 Å². The van der Waals surface area contributed by atoms with Gasteiger partial charge in [0.25, 0.3) is 0 Å². The van der Waals surface area contributed by atoms with Gasteiger partial charge in [0.05, 0.1) is 5.69 Å². The summed E-state index contributed by atoms with van der Waals surface area (Å²) < 4.78 is 0.937. The summed E-state index contributed by atoms with van der Waals surface area (Å²) in [6.45, 7) is 3.83. The molecule has 0 aliphatic carbocycles. The number of nitrogens with zero attached hydrogens (tertiary/aromatic N) is 1. The van der Waals surface area contributed by atoms with Crippen LogP contribution < -0.4 is 11.1 Å². The van der Waals surface area contributed by atoms with E-state index in [0.29, 0.717) is 12.2 Å². The van der Waals surface area contributed by atoms with E-state index in [-0.39, 0.29) is 11.9 Å². The van der Waals surface area contributed by atoms with E-state index in [1.165, 1.54) is 0 Å². The number of nitrogens with one attached hydrogen (secondary N) is 1. The maximum absolute atomic E-state index is 11.6. The van der Waals surface area contributed by atoms with Gasteiger partial charge in [-0.25, -0.2) is 4.98 Å². The minimum atomic E-state index is -0.0140. The van der Waals surface area contributed by atoms with E-state index in [1.54, 1.807) is 6.07 Å². The number of carbonyl (C=O) groups excluding carboxylic acids is 1. The Labute approximate surface area is 110 Å². The normalized spacial score (nSPS) is 12.2. The number of halogens is 1. The number of hydrogen-bond acceptors (Lipinski definition) is 3. The van der Waals surface area contributed by atoms with Crippen molar-refractivity contribution in [3.8, 4) is 0 Å². The molecule has 1 rings (SSSR count). The van der Waals surface area contributed by atoms with Crippen molar-refractivity contribution in [3.05, 3.63) is 22.3 Å². The lowest BCUT2D eigenvalue weighted by molar-refractivity contribution is -0.116. The van der Waals surface area contributed by atoms with Gasteiger partial charge in [-0.2, -0.15) is 0 Å². The van der Waals surface area contributed by atoms with Crippen molar-refractivity contribution >= 4 is 27.7 Å². The zero-order valence-electron chi connectivity index (χ0n) is 10.2. The summed E-state index contributed by atoms with van der Waals surface area (Å²) >= 11 is 3.36. The van der Waals surface area contributed by atoms with Gasteiger partial charge in [0.15, 0.2) is 0 Å². The Balaban J connectivity index is 2.42. The van der Waals surface area contributed by atoms with Crippen LogP contribution in [0, 0.1) is 6.92 Å². The highest BCUT2D eigenvalue weighted by Gasteiger charge is 2.05. The Hall–Kier alpha value is -0.940. The average Bonchev–Trinajstić information content (AvgIpc) is 2.23. The molecule has 94 valence electrons. The molecule has 0 aromatic carbocycles. The molecule has 1 heterocycles. The summed E-state index contributed by atoms with van der Waals surface area (Å²) in [5.74, 6) is 0.580. The molecular weight excluding hydrogens is 282 g/mol. The first-order chi connectivity index (χ1) is 7.99. The quantitative estimate of drug-likeness (QED) is 0.878. The molecule has 0 aliphatic heterocycles. The van der Waals surface area contributed by atoms with Crippen LogP contribution in [0.1, 0.15) is 31.9 Å². The summed E-state index contributed by atoms with van der Waals surface area (Å²) in [5.41, 5.74) is 6.48. The lowest BCUT2D eigenvalue weighted by Crippen LogP contribution is -2.17. The van der Waals surface area contributed by atoms with E-state index in [9.17, 15) is 4.79 Å². The van der Waals surface area contributed by atoms with Crippen LogP contribution in [0.25, 0.3) is 0 Å². The lowest BCUT2D eigenvalue weighted by Gasteiger charge is -2.07. The molecule has 1 amide bonds. The van der Waals surface area contributed by atoms with Crippen LogP contribution in [0.5, 0.6) is 0 Å². The molecule has 1 aromatic rings. The number of nitrogens with two attached hydrogens (primary N) is 1. The third kappa shape index (κ3) is 5.28. The van der Waals surface area contributed by atoms with E-state index < -0.39 is 0 Å². The molecule has 17 heavy (non-hydrogen) atoms. The van der Waals surface area contributed by atoms with Crippen molar-refractivity contribution in [1.82, 2.24) is 4.98 Å². The molecule has 0 saturated carbocycles. The Bertz CT molecular complexity index is 393. The van der Waals surface area contributed by atoms with Gasteiger partial charge in [-0.3, -0.25) is 4.79 Å². The number of amides is 1. The predicted octanol–water partition coefficient (Wildman–Crippen LogP) is 2.61. The van der Waals surface area contributed by atoms with Crippen LogP contribution in [0.4, 0.5) is 5.82 Å². The van der Waals surface area contributed by atoms with E-state index in [0.717, 1.165) is 23.0 Å². The molecule has 1 unspecified atom stereocenters. The molecule has 0 fully saturated rings. The number of aryl methyl sites for hydroxylation is 1. The van der Waals surface area contributed by atoms with Crippen molar-refractivity contribution in [1.29, 1.82) is 0 Å². The highest BCUT2D eigenvalue weighted by Crippen LogP contribution is 2.16. The second kappa shape index (κ2) is 6.71. The highest BCUT2D eigenvalue weighted by atomic mass is 79.9. The minimum Gasteiger partial charge on any atom is -0.328 e. The Kier molecular flexibility index (Phi) is 5.58. The number of rotatable bonds is 5. The molecular formula is C12H18BrN3O. The van der Waals surface area contributed by atoms with Gasteiger partial charge < -0.3 is 11.1 Å². The standard InChI is InChI=1S/C12H18BrN3O/c1-8(14)4-3-5-12(17)16-11-7-6-10(13)9(2)15-11/h6-8H,3-5,14H2,1-2H3,(H,15,16,17). The van der Waals surface area contributed by atoms with Crippen LogP contribution in [0.3, 0.4) is 0 Å². The van der Waals surface area contributed by atoms with Gasteiger partial charge >= 0.3 is 0 Å². The molecule has 0 radical (unpaired) electrons. The van der Waals surface area contributed by atoms with Crippen molar-refractivity contribution in [2.75, 3.05) is 5.32 Å². The molecule has 1 aromatic heterocycles. The summed E-state index contributed by atoms with van der Waals surface area (Å²) in [4.78, 5) is 15.8. The number of carbonyl (C=O) groups is 1. The summed E-state index contributed by atoms with van der Waals surface area (Å²) in [5, 5.41) is 2.77. The third-order valence-corrected chi connectivity index (χ3v) is 3.19. The fourth-order valence-corrected chi connectivity index (χ4v) is 1.62. The number of hydrogen-bond donors (Lipinski definition) is 2. The molecule has 5 heteroatoms. The maximum Gasteiger partial charge on any atom is 0.225 e. The van der Waals surface area contributed by atoms with Gasteiger partial charge in [0.2, 0.25) is 5.91 Å². The second-order valence-electron chi connectivity index (χ2n) is 4.18. The van der Waals surface area contributed by atoms with Crippen LogP contribution in [-0.2, 0) is 4.79 Å². The van der Waals surface area contributed by atoms with Gasteiger partial charge in [0, 0.05) is 16.9 Å². The van der Waals surface area contributed by atoms with Crippen LogP contribution in [0.15, 0.2) is 16.6 Å². The topological polar surface area (TPSA) is 68.0 Å². The zero-order chi connectivity index (χ0) is 12.8. The Morgan fingerprint density at radius 2 is 2.29 bits per heavy atom. The Morgan fingerprint density at radius 1 is 1.59 bits per heavy atom. The van der Waals surface area contributed by atoms with E-state index in [2.05, 4.69) is 26.2 Å². The fourth-order valence-electron chi connectivity index (χ4n) is 1.40. The summed E-state index contributed by atoms with van der Waals surface area (Å²) in [6, 6.07) is 3.80. The van der Waals surface area contributed by atoms with E-state index >= 15 is 0 Å². The SMILES string of the molecule is Cc1nc(NC(=O)CCCC(C)N)ccc1Br. The molecule has 1 atom stereocenters. The number of pyridine rings is 1. The largest absolute Gasteiger partial charge is 0.328 e. The van der Waals surface area contributed by atoms with Gasteiger partial charge in [-0.1, -0.05) is 0 Å². The third-order valence-electron chi connectivity index (χ3n) is 2.35. The molecule has 0 saturated heterocycles. The van der Waals surface area contributed by atoms with Gasteiger partial charge in [0.1, 0.15) is 5.82 Å². The molecule has 4 nitrogen and oxygen atoms in total. The fraction of sp³-hybridized carbons (Fsp3) is 0.500. The summed E-state index contributed by atoms with van der Waals surface area (Å²) in [6.07, 6.45) is 2.15. The maximum atomic E-state index is 11.6. The van der Waals surface area contributed by atoms with E-state index in [1.807, 2.05) is 19.9 Å². The first-order valence-corrected chi connectivity index (χ1v) is 6.47. The van der Waals surface area contributed by atoms with Gasteiger partial charge in [-0.05, 0) is 54.8 Å². The molecule has 3 N–H and O–H groups in total. The Morgan fingerprint density at radius 3 is 2.88 bits per heavy atom. The zero-order valence-corrected chi connectivity index (χ0v) is 11.8. The van der Waals surface area contributed by atoms with Crippen LogP contribution in [-0.4, -0.2) is 16.9 Å². The molecule has 0 spiro atoms. The molecule has 0 aliphatic rings. The second-order valence-corrected chi connectivity index (χ2v) is 5.04. The highest BCUT2D eigenvalue weighted by molar-refractivity contribution is 9.10. The van der Waals surface area contributed by atoms with Crippen molar-refractivity contribution < 1.29 is 4.79 Å². The van der Waals surface area contributed by atoms with Crippen LogP contribution >= 0.6 is 15.9 Å². The number of anilines is 1. The van der Waals surface area contributed by atoms with Crippen molar-refractivity contribution in [2.45, 2.75) is 39.2 Å². The van der Waals surface area contributed by atoms with Crippen LogP contribution in [0.2, 0.25) is 0 Å². The average molecular weight is 300 g/mol. The molecule has 0 bridgehead atoms. The first-order valence-electron chi connectivity index (χ1n) is 5.67.